The summed E-state index contributed by atoms with van der Waals surface area (Å²) in [6.07, 6.45) is 4.88. The molecule has 3 rings (SSSR count). The summed E-state index contributed by atoms with van der Waals surface area (Å²) >= 11 is 0. The molecule has 0 spiro atoms. The van der Waals surface area contributed by atoms with Gasteiger partial charge in [0.25, 0.3) is 0 Å². The number of furan rings is 1. The highest BCUT2D eigenvalue weighted by Crippen LogP contribution is 2.15. The van der Waals surface area contributed by atoms with Crippen LogP contribution >= 0.6 is 0 Å². The minimum atomic E-state index is 0.473. The molecule has 0 saturated carbocycles. The molecule has 0 radical (unpaired) electrons. The molecule has 72 valence electrons. The molecule has 0 N–H and O–H groups in total. The molecule has 0 aromatic carbocycles. The van der Waals surface area contributed by atoms with Gasteiger partial charge in [0.15, 0.2) is 5.76 Å². The average molecular weight is 198 g/mol. The van der Waals surface area contributed by atoms with Crippen LogP contribution in [-0.2, 0) is 0 Å². The number of hydrogen-bond acceptors (Lipinski definition) is 5. The van der Waals surface area contributed by atoms with Crippen molar-refractivity contribution in [1.29, 1.82) is 0 Å². The van der Waals surface area contributed by atoms with Gasteiger partial charge in [-0.1, -0.05) is 0 Å². The van der Waals surface area contributed by atoms with Crippen molar-refractivity contribution in [3.05, 3.63) is 36.9 Å². The Balaban J connectivity index is 2.22. The van der Waals surface area contributed by atoms with Gasteiger partial charge in [0.2, 0.25) is 5.82 Å². The minimum absolute atomic E-state index is 0.473. The standard InChI is InChI=1S/C10H6N4O/c1-2-9(15-5-1)10-12-8-6-11-4-3-7(8)13-14-10/h1-6H. The van der Waals surface area contributed by atoms with Crippen LogP contribution in [0.5, 0.6) is 0 Å². The van der Waals surface area contributed by atoms with Crippen LogP contribution < -0.4 is 0 Å². The lowest BCUT2D eigenvalue weighted by Crippen LogP contribution is -1.93. The van der Waals surface area contributed by atoms with Crippen LogP contribution in [0.2, 0.25) is 0 Å². The second-order valence-corrected chi connectivity index (χ2v) is 2.98. The van der Waals surface area contributed by atoms with Gasteiger partial charge in [-0.15, -0.1) is 10.2 Å². The van der Waals surface area contributed by atoms with E-state index in [0.29, 0.717) is 17.1 Å². The van der Waals surface area contributed by atoms with Crippen molar-refractivity contribution in [2.24, 2.45) is 0 Å². The number of nitrogens with zero attached hydrogens (tertiary/aromatic N) is 4. The predicted octanol–water partition coefficient (Wildman–Crippen LogP) is 1.68. The van der Waals surface area contributed by atoms with Crippen LogP contribution in [0.4, 0.5) is 0 Å². The Hall–Kier alpha value is -2.30. The predicted molar refractivity (Wildman–Crippen MR) is 52.8 cm³/mol. The van der Waals surface area contributed by atoms with Gasteiger partial charge >= 0.3 is 0 Å². The maximum Gasteiger partial charge on any atom is 0.218 e. The fraction of sp³-hybridized carbons (Fsp3) is 0. The van der Waals surface area contributed by atoms with Gasteiger partial charge in [0, 0.05) is 6.20 Å². The number of rotatable bonds is 1. The molecule has 0 saturated heterocycles. The second kappa shape index (κ2) is 3.13. The van der Waals surface area contributed by atoms with E-state index in [1.165, 1.54) is 0 Å². The van der Waals surface area contributed by atoms with E-state index in [1.807, 2.05) is 0 Å². The Morgan fingerprint density at radius 2 is 2.07 bits per heavy atom. The van der Waals surface area contributed by atoms with E-state index < -0.39 is 0 Å². The zero-order valence-corrected chi connectivity index (χ0v) is 7.66. The first kappa shape index (κ1) is 8.05. The summed E-state index contributed by atoms with van der Waals surface area (Å²) in [6, 6.07) is 5.34. The van der Waals surface area contributed by atoms with Crippen LogP contribution in [0.3, 0.4) is 0 Å². The third-order valence-electron chi connectivity index (χ3n) is 2.00. The Kier molecular flexibility index (Phi) is 1.68. The molecule has 0 fully saturated rings. The maximum absolute atomic E-state index is 5.18. The second-order valence-electron chi connectivity index (χ2n) is 2.98. The zero-order valence-electron chi connectivity index (χ0n) is 7.66. The minimum Gasteiger partial charge on any atom is -0.461 e. The monoisotopic (exact) mass is 198 g/mol. The van der Waals surface area contributed by atoms with Crippen molar-refractivity contribution in [1.82, 2.24) is 20.2 Å². The van der Waals surface area contributed by atoms with Crippen molar-refractivity contribution in [2.45, 2.75) is 0 Å². The van der Waals surface area contributed by atoms with Gasteiger partial charge in [-0.05, 0) is 18.2 Å². The first-order chi connectivity index (χ1) is 7.43. The van der Waals surface area contributed by atoms with E-state index in [0.717, 1.165) is 5.52 Å². The first-order valence-electron chi connectivity index (χ1n) is 4.42. The van der Waals surface area contributed by atoms with Crippen molar-refractivity contribution in [2.75, 3.05) is 0 Å². The third kappa shape index (κ3) is 1.34. The highest BCUT2D eigenvalue weighted by atomic mass is 16.3. The summed E-state index contributed by atoms with van der Waals surface area (Å²) in [5, 5.41) is 7.99. The van der Waals surface area contributed by atoms with Crippen LogP contribution in [0.15, 0.2) is 41.3 Å². The van der Waals surface area contributed by atoms with Gasteiger partial charge in [0.1, 0.15) is 11.0 Å². The molecule has 3 aromatic heterocycles. The van der Waals surface area contributed by atoms with Crippen LogP contribution in [0.25, 0.3) is 22.6 Å². The van der Waals surface area contributed by atoms with Crippen molar-refractivity contribution >= 4 is 11.0 Å². The molecule has 0 aliphatic heterocycles. The summed E-state index contributed by atoms with van der Waals surface area (Å²) < 4.78 is 5.18. The van der Waals surface area contributed by atoms with Crippen molar-refractivity contribution in [3.63, 3.8) is 0 Å². The summed E-state index contributed by atoms with van der Waals surface area (Å²) in [5.41, 5.74) is 1.43. The topological polar surface area (TPSA) is 64.7 Å². The number of fused-ring (bicyclic) bond motifs is 1. The fourth-order valence-electron chi connectivity index (χ4n) is 1.30. The van der Waals surface area contributed by atoms with Gasteiger partial charge in [0.05, 0.1) is 12.5 Å². The van der Waals surface area contributed by atoms with Gasteiger partial charge in [-0.3, -0.25) is 4.98 Å². The molecule has 0 bridgehead atoms. The lowest BCUT2D eigenvalue weighted by Gasteiger charge is -1.96. The Morgan fingerprint density at radius 1 is 1.07 bits per heavy atom. The quantitative estimate of drug-likeness (QED) is 0.595. The Labute approximate surface area is 84.8 Å². The summed E-state index contributed by atoms with van der Waals surface area (Å²) in [4.78, 5) is 8.26. The lowest BCUT2D eigenvalue weighted by molar-refractivity contribution is 0.576. The molecule has 5 nitrogen and oxygen atoms in total. The summed E-state index contributed by atoms with van der Waals surface area (Å²) in [6.45, 7) is 0. The number of hydrogen-bond donors (Lipinski definition) is 0. The molecular formula is C10H6N4O. The average Bonchev–Trinajstić information content (AvgIpc) is 2.82. The number of aromatic nitrogens is 4. The van der Waals surface area contributed by atoms with E-state index in [-0.39, 0.29) is 0 Å². The Bertz CT molecular complexity index is 591. The number of pyridine rings is 1. The maximum atomic E-state index is 5.18. The van der Waals surface area contributed by atoms with Crippen LogP contribution in [0.1, 0.15) is 0 Å². The van der Waals surface area contributed by atoms with Crippen molar-refractivity contribution in [3.8, 4) is 11.6 Å². The molecule has 3 heterocycles. The third-order valence-corrected chi connectivity index (χ3v) is 2.00. The normalized spacial score (nSPS) is 10.7. The summed E-state index contributed by atoms with van der Waals surface area (Å²) in [5.74, 6) is 1.08. The lowest BCUT2D eigenvalue weighted by atomic mass is 10.4. The van der Waals surface area contributed by atoms with E-state index in [2.05, 4.69) is 20.2 Å². The zero-order chi connectivity index (χ0) is 10.1. The van der Waals surface area contributed by atoms with Crippen LogP contribution in [0, 0.1) is 0 Å². The Morgan fingerprint density at radius 3 is 2.93 bits per heavy atom. The van der Waals surface area contributed by atoms with Crippen molar-refractivity contribution < 1.29 is 4.42 Å². The smallest absolute Gasteiger partial charge is 0.218 e. The van der Waals surface area contributed by atoms with E-state index in [4.69, 9.17) is 4.42 Å². The molecule has 0 amide bonds. The van der Waals surface area contributed by atoms with E-state index >= 15 is 0 Å². The fourth-order valence-corrected chi connectivity index (χ4v) is 1.30. The van der Waals surface area contributed by atoms with E-state index in [9.17, 15) is 0 Å². The SMILES string of the molecule is c1coc(-c2nnc3ccncc3n2)c1. The molecule has 5 heteroatoms. The summed E-state index contributed by atoms with van der Waals surface area (Å²) in [7, 11) is 0. The largest absolute Gasteiger partial charge is 0.461 e. The highest BCUT2D eigenvalue weighted by Gasteiger charge is 2.05. The van der Waals surface area contributed by atoms with E-state index in [1.54, 1.807) is 36.9 Å². The molecule has 3 aromatic rings. The molecule has 0 unspecified atom stereocenters. The highest BCUT2D eigenvalue weighted by molar-refractivity contribution is 5.73. The van der Waals surface area contributed by atoms with Crippen LogP contribution in [-0.4, -0.2) is 20.2 Å². The molecule has 0 aliphatic rings. The molecule has 0 aliphatic carbocycles. The molecule has 0 atom stereocenters. The van der Waals surface area contributed by atoms with Gasteiger partial charge in [-0.25, -0.2) is 4.98 Å². The molecular weight excluding hydrogens is 192 g/mol. The van der Waals surface area contributed by atoms with Gasteiger partial charge in [-0.2, -0.15) is 0 Å². The first-order valence-corrected chi connectivity index (χ1v) is 4.42. The molecule has 15 heavy (non-hydrogen) atoms. The van der Waals surface area contributed by atoms with Gasteiger partial charge < -0.3 is 4.42 Å².